The molecular formula is C18H25N3O3. The number of nitrogens with zero attached hydrogens (tertiary/aromatic N) is 3. The molecule has 1 atom stereocenters. The van der Waals surface area contributed by atoms with Gasteiger partial charge in [0.1, 0.15) is 5.60 Å². The van der Waals surface area contributed by atoms with E-state index in [0.717, 1.165) is 12.8 Å². The quantitative estimate of drug-likeness (QED) is 0.851. The van der Waals surface area contributed by atoms with Gasteiger partial charge in [-0.2, -0.15) is 0 Å². The van der Waals surface area contributed by atoms with Crippen LogP contribution in [-0.4, -0.2) is 58.1 Å². The first-order valence-corrected chi connectivity index (χ1v) is 8.73. The molecular weight excluding hydrogens is 306 g/mol. The zero-order valence-electron chi connectivity index (χ0n) is 14.4. The third kappa shape index (κ3) is 3.23. The summed E-state index contributed by atoms with van der Waals surface area (Å²) in [6, 6.07) is 3.75. The van der Waals surface area contributed by atoms with E-state index in [1.54, 1.807) is 24.5 Å². The molecule has 1 aromatic rings. The monoisotopic (exact) mass is 331 g/mol. The topological polar surface area (TPSA) is 62.7 Å². The molecule has 0 N–H and O–H groups in total. The lowest BCUT2D eigenvalue weighted by Gasteiger charge is -2.37. The second-order valence-corrected chi connectivity index (χ2v) is 6.85. The highest BCUT2D eigenvalue weighted by atomic mass is 16.6. The van der Waals surface area contributed by atoms with Crippen molar-refractivity contribution in [3.8, 4) is 0 Å². The van der Waals surface area contributed by atoms with Gasteiger partial charge in [0.15, 0.2) is 0 Å². The van der Waals surface area contributed by atoms with E-state index < -0.39 is 5.60 Å². The summed E-state index contributed by atoms with van der Waals surface area (Å²) in [7, 11) is 0. The lowest BCUT2D eigenvalue weighted by atomic mass is 9.90. The number of pyridine rings is 1. The van der Waals surface area contributed by atoms with Crippen LogP contribution >= 0.6 is 0 Å². The average molecular weight is 331 g/mol. The van der Waals surface area contributed by atoms with Gasteiger partial charge in [0.05, 0.1) is 12.1 Å². The Morgan fingerprint density at radius 2 is 2.17 bits per heavy atom. The predicted molar refractivity (Wildman–Crippen MR) is 89.7 cm³/mol. The summed E-state index contributed by atoms with van der Waals surface area (Å²) >= 11 is 0. The number of carbonyl (C=O) groups is 2. The normalized spacial score (nSPS) is 21.0. The van der Waals surface area contributed by atoms with Crippen molar-refractivity contribution in [2.75, 3.05) is 19.6 Å². The molecule has 0 unspecified atom stereocenters. The molecule has 0 aliphatic carbocycles. The first-order valence-electron chi connectivity index (χ1n) is 8.73. The minimum absolute atomic E-state index is 0.00141. The number of amides is 2. The van der Waals surface area contributed by atoms with Crippen LogP contribution in [0, 0.1) is 0 Å². The molecule has 0 aromatic carbocycles. The molecule has 2 aliphatic rings. The fraction of sp³-hybridized carbons (Fsp3) is 0.611. The van der Waals surface area contributed by atoms with Gasteiger partial charge in [0.25, 0.3) is 5.91 Å². The van der Waals surface area contributed by atoms with Gasteiger partial charge in [0.2, 0.25) is 0 Å². The first kappa shape index (κ1) is 16.7. The van der Waals surface area contributed by atoms with Crippen LogP contribution < -0.4 is 0 Å². The predicted octanol–water partition coefficient (Wildman–Crippen LogP) is 2.70. The summed E-state index contributed by atoms with van der Waals surface area (Å²) in [5.74, 6) is -0.00141. The van der Waals surface area contributed by atoms with Crippen molar-refractivity contribution < 1.29 is 14.3 Å². The number of aromatic nitrogens is 1. The number of rotatable bonds is 4. The number of hydrogen-bond donors (Lipinski definition) is 0. The molecule has 3 rings (SSSR count). The molecule has 1 spiro atoms. The van der Waals surface area contributed by atoms with E-state index in [1.807, 2.05) is 9.80 Å². The zero-order chi connectivity index (χ0) is 17.2. The van der Waals surface area contributed by atoms with Gasteiger partial charge in [-0.25, -0.2) is 4.79 Å². The Labute approximate surface area is 142 Å². The Hall–Kier alpha value is -2.11. The third-order valence-corrected chi connectivity index (χ3v) is 5.11. The van der Waals surface area contributed by atoms with E-state index in [2.05, 4.69) is 18.8 Å². The Morgan fingerprint density at radius 3 is 2.79 bits per heavy atom. The average Bonchev–Trinajstić information content (AvgIpc) is 2.92. The Bertz CT molecular complexity index is 597. The second-order valence-electron chi connectivity index (χ2n) is 6.85. The Morgan fingerprint density at radius 1 is 1.42 bits per heavy atom. The fourth-order valence-electron chi connectivity index (χ4n) is 3.61. The van der Waals surface area contributed by atoms with Crippen LogP contribution in [0.5, 0.6) is 0 Å². The summed E-state index contributed by atoms with van der Waals surface area (Å²) < 4.78 is 5.74. The van der Waals surface area contributed by atoms with Gasteiger partial charge in [0, 0.05) is 44.4 Å². The van der Waals surface area contributed by atoms with Crippen molar-refractivity contribution in [3.63, 3.8) is 0 Å². The van der Waals surface area contributed by atoms with Gasteiger partial charge in [-0.15, -0.1) is 0 Å². The van der Waals surface area contributed by atoms with Crippen molar-refractivity contribution in [1.82, 2.24) is 14.8 Å². The number of likely N-dealkylation sites (tertiary alicyclic amines) is 1. The standard InChI is InChI=1S/C18H25N3O3/c1-3-5-14(2)21-13-18(24-17(21)23)7-10-20(11-8-18)16(22)15-6-4-9-19-12-15/h4,6,9,12,14H,3,5,7-8,10-11,13H2,1-2H3/t14-/m0/s1. The van der Waals surface area contributed by atoms with E-state index in [9.17, 15) is 9.59 Å². The van der Waals surface area contributed by atoms with Crippen molar-refractivity contribution in [3.05, 3.63) is 30.1 Å². The van der Waals surface area contributed by atoms with Crippen molar-refractivity contribution >= 4 is 12.0 Å². The molecule has 130 valence electrons. The van der Waals surface area contributed by atoms with Crippen LogP contribution in [0.3, 0.4) is 0 Å². The van der Waals surface area contributed by atoms with E-state index in [4.69, 9.17) is 4.74 Å². The smallest absolute Gasteiger partial charge is 0.410 e. The number of piperidine rings is 1. The Kier molecular flexibility index (Phi) is 4.73. The molecule has 3 heterocycles. The summed E-state index contributed by atoms with van der Waals surface area (Å²) in [5.41, 5.74) is 0.181. The molecule has 1 aromatic heterocycles. The minimum Gasteiger partial charge on any atom is -0.441 e. The SMILES string of the molecule is CCC[C@H](C)N1CC2(CCN(C(=O)c3cccnc3)CC2)OC1=O. The van der Waals surface area contributed by atoms with Crippen molar-refractivity contribution in [1.29, 1.82) is 0 Å². The van der Waals surface area contributed by atoms with Crippen LogP contribution in [0.1, 0.15) is 49.9 Å². The maximum atomic E-state index is 12.5. The lowest BCUT2D eigenvalue weighted by Crippen LogP contribution is -2.49. The summed E-state index contributed by atoms with van der Waals surface area (Å²) in [6.07, 6.45) is 6.47. The van der Waals surface area contributed by atoms with Gasteiger partial charge in [-0.3, -0.25) is 9.78 Å². The Balaban J connectivity index is 1.61. The minimum atomic E-state index is -0.426. The van der Waals surface area contributed by atoms with E-state index in [-0.39, 0.29) is 18.0 Å². The number of hydrogen-bond acceptors (Lipinski definition) is 4. The molecule has 6 heteroatoms. The van der Waals surface area contributed by atoms with Crippen LogP contribution in [0.4, 0.5) is 4.79 Å². The second kappa shape index (κ2) is 6.79. The van der Waals surface area contributed by atoms with Gasteiger partial charge >= 0.3 is 6.09 Å². The maximum absolute atomic E-state index is 12.5. The molecule has 0 bridgehead atoms. The van der Waals surface area contributed by atoms with Crippen molar-refractivity contribution in [2.45, 2.75) is 51.2 Å². The van der Waals surface area contributed by atoms with E-state index >= 15 is 0 Å². The number of carbonyl (C=O) groups excluding carboxylic acids is 2. The van der Waals surface area contributed by atoms with E-state index in [1.165, 1.54) is 0 Å². The molecule has 6 nitrogen and oxygen atoms in total. The van der Waals surface area contributed by atoms with Crippen LogP contribution in [-0.2, 0) is 4.74 Å². The first-order chi connectivity index (χ1) is 11.5. The van der Waals surface area contributed by atoms with E-state index in [0.29, 0.717) is 38.0 Å². The van der Waals surface area contributed by atoms with Crippen molar-refractivity contribution in [2.24, 2.45) is 0 Å². The van der Waals surface area contributed by atoms with Gasteiger partial charge < -0.3 is 14.5 Å². The highest BCUT2D eigenvalue weighted by molar-refractivity contribution is 5.94. The summed E-state index contributed by atoms with van der Waals surface area (Å²) in [5, 5.41) is 0. The summed E-state index contributed by atoms with van der Waals surface area (Å²) in [4.78, 5) is 32.4. The molecule has 0 saturated carbocycles. The molecule has 0 radical (unpaired) electrons. The highest BCUT2D eigenvalue weighted by Crippen LogP contribution is 2.35. The van der Waals surface area contributed by atoms with Gasteiger partial charge in [-0.1, -0.05) is 13.3 Å². The van der Waals surface area contributed by atoms with Crippen LogP contribution in [0.25, 0.3) is 0 Å². The molecule has 2 saturated heterocycles. The highest BCUT2D eigenvalue weighted by Gasteiger charge is 2.48. The molecule has 2 fully saturated rings. The zero-order valence-corrected chi connectivity index (χ0v) is 14.4. The van der Waals surface area contributed by atoms with Crippen LogP contribution in [0.15, 0.2) is 24.5 Å². The molecule has 2 aliphatic heterocycles. The lowest BCUT2D eigenvalue weighted by molar-refractivity contribution is 0.00306. The van der Waals surface area contributed by atoms with Gasteiger partial charge in [-0.05, 0) is 25.5 Å². The summed E-state index contributed by atoms with van der Waals surface area (Å²) in [6.45, 7) is 6.05. The maximum Gasteiger partial charge on any atom is 0.410 e. The largest absolute Gasteiger partial charge is 0.441 e. The molecule has 2 amide bonds. The number of ether oxygens (including phenoxy) is 1. The van der Waals surface area contributed by atoms with Crippen LogP contribution in [0.2, 0.25) is 0 Å². The third-order valence-electron chi connectivity index (χ3n) is 5.11. The molecule has 24 heavy (non-hydrogen) atoms. The fourth-order valence-corrected chi connectivity index (χ4v) is 3.61.